The molecule has 2 bridgehead atoms. The average molecular weight is 543 g/mol. The molecule has 4 atom stereocenters. The smallest absolute Gasteiger partial charge is 0.435 e. The predicted molar refractivity (Wildman–Crippen MR) is 142 cm³/mol. The Labute approximate surface area is 222 Å². The maximum atomic E-state index is 12.8. The predicted octanol–water partition coefficient (Wildman–Crippen LogP) is 5.97. The number of urea groups is 1. The molecule has 0 spiro atoms. The number of thiazole rings is 1. The number of para-hydroxylation sites is 1. The van der Waals surface area contributed by atoms with E-state index in [1.54, 1.807) is 31.2 Å². The number of aromatic nitrogens is 1. The fourth-order valence-corrected chi connectivity index (χ4v) is 6.42. The molecule has 3 unspecified atom stereocenters. The van der Waals surface area contributed by atoms with Gasteiger partial charge in [0, 0.05) is 5.56 Å². The summed E-state index contributed by atoms with van der Waals surface area (Å²) in [5.41, 5.74) is 2.55. The van der Waals surface area contributed by atoms with Gasteiger partial charge in [-0.25, -0.2) is 14.6 Å². The number of nitrogens with zero attached hydrogens (tertiary/aromatic N) is 1. The van der Waals surface area contributed by atoms with Gasteiger partial charge in [0.1, 0.15) is 6.10 Å². The second-order valence-corrected chi connectivity index (χ2v) is 10.7. The van der Waals surface area contributed by atoms with Gasteiger partial charge in [-0.2, -0.15) is 0 Å². The maximum absolute atomic E-state index is 12.8. The highest BCUT2D eigenvalue weighted by Crippen LogP contribution is 2.46. The first-order chi connectivity index (χ1) is 17.8. The highest BCUT2D eigenvalue weighted by molar-refractivity contribution is 7.22. The van der Waals surface area contributed by atoms with Gasteiger partial charge in [0.05, 0.1) is 33.6 Å². The molecule has 194 valence electrons. The molecule has 2 fully saturated rings. The number of amides is 3. The molecule has 2 aliphatic carbocycles. The minimum absolute atomic E-state index is 0.223. The van der Waals surface area contributed by atoms with Gasteiger partial charge >= 0.3 is 12.2 Å². The van der Waals surface area contributed by atoms with Crippen molar-refractivity contribution < 1.29 is 23.9 Å². The lowest BCUT2D eigenvalue weighted by Gasteiger charge is -2.30. The molecule has 0 radical (unpaired) electrons. The van der Waals surface area contributed by atoms with Crippen LogP contribution in [0.5, 0.6) is 0 Å². The lowest BCUT2D eigenvalue weighted by molar-refractivity contribution is -0.00419. The third-order valence-electron chi connectivity index (χ3n) is 6.96. The quantitative estimate of drug-likeness (QED) is 0.330. The van der Waals surface area contributed by atoms with Crippen LogP contribution in [-0.4, -0.2) is 41.8 Å². The van der Waals surface area contributed by atoms with Crippen LogP contribution in [0.4, 0.5) is 20.4 Å². The third-order valence-corrected chi connectivity index (χ3v) is 8.21. The summed E-state index contributed by atoms with van der Waals surface area (Å²) in [4.78, 5) is 42.0. The summed E-state index contributed by atoms with van der Waals surface area (Å²) in [5, 5.41) is 9.50. The normalized spacial score (nSPS) is 22.0. The van der Waals surface area contributed by atoms with Crippen LogP contribution in [0.3, 0.4) is 0 Å². The number of rotatable bonds is 6. The van der Waals surface area contributed by atoms with E-state index < -0.39 is 18.3 Å². The molecule has 2 aliphatic rings. The number of ether oxygens (including phenoxy) is 2. The molecule has 1 aromatic heterocycles. The number of fused-ring (bicyclic) bond motifs is 3. The highest BCUT2D eigenvalue weighted by Gasteiger charge is 2.50. The van der Waals surface area contributed by atoms with E-state index in [1.165, 1.54) is 11.3 Å². The monoisotopic (exact) mass is 542 g/mol. The minimum Gasteiger partial charge on any atom is -0.435 e. The van der Waals surface area contributed by atoms with Crippen LogP contribution in [0, 0.1) is 18.8 Å². The Kier molecular flexibility index (Phi) is 7.21. The summed E-state index contributed by atoms with van der Waals surface area (Å²) in [6.45, 7) is 3.83. The molecule has 0 saturated heterocycles. The number of carbonyl (C=O) groups excluding carboxylic acids is 3. The number of benzene rings is 2. The van der Waals surface area contributed by atoms with Crippen molar-refractivity contribution in [2.45, 2.75) is 45.3 Å². The zero-order valence-electron chi connectivity index (χ0n) is 20.4. The van der Waals surface area contributed by atoms with Crippen LogP contribution >= 0.6 is 22.9 Å². The van der Waals surface area contributed by atoms with Crippen molar-refractivity contribution in [3.63, 3.8) is 0 Å². The van der Waals surface area contributed by atoms with Gasteiger partial charge in [-0.3, -0.25) is 10.1 Å². The Bertz CT molecular complexity index is 1340. The molecule has 3 N–H and O–H groups in total. The minimum atomic E-state index is -0.706. The molecule has 3 amide bonds. The first-order valence-electron chi connectivity index (χ1n) is 12.2. The molecule has 1 heterocycles. The Hall–Kier alpha value is -3.37. The SMILES string of the molecule is CCOC(=O)OC1C(NC(=O)Nc2nc3ccc(C(=O)Nc4c(C)cccc4Cl)cc3s2)C2CC[C@H]1C2. The molecule has 0 aliphatic heterocycles. The average Bonchev–Trinajstić information content (AvgIpc) is 3.56. The molecular formula is C26H27ClN4O5S. The zero-order chi connectivity index (χ0) is 26.1. The fraction of sp³-hybridized carbons (Fsp3) is 0.385. The number of anilines is 2. The number of hydrogen-bond donors (Lipinski definition) is 3. The third kappa shape index (κ3) is 5.35. The molecule has 9 nitrogen and oxygen atoms in total. The fourth-order valence-electron chi connectivity index (χ4n) is 5.25. The maximum Gasteiger partial charge on any atom is 0.508 e. The van der Waals surface area contributed by atoms with E-state index in [-0.39, 0.29) is 30.4 Å². The van der Waals surface area contributed by atoms with Crippen LogP contribution in [0.1, 0.15) is 42.1 Å². The summed E-state index contributed by atoms with van der Waals surface area (Å²) in [5.74, 6) is 0.192. The Morgan fingerprint density at radius 3 is 2.73 bits per heavy atom. The topological polar surface area (TPSA) is 119 Å². The number of nitrogens with one attached hydrogen (secondary N) is 3. The van der Waals surface area contributed by atoms with E-state index in [1.807, 2.05) is 19.1 Å². The second-order valence-electron chi connectivity index (χ2n) is 9.31. The van der Waals surface area contributed by atoms with Crippen molar-refractivity contribution in [2.24, 2.45) is 11.8 Å². The summed E-state index contributed by atoms with van der Waals surface area (Å²) < 4.78 is 11.2. The van der Waals surface area contributed by atoms with Crippen LogP contribution in [0.2, 0.25) is 5.02 Å². The molecular weight excluding hydrogens is 516 g/mol. The Balaban J connectivity index is 1.25. The van der Waals surface area contributed by atoms with Gasteiger partial charge in [-0.05, 0) is 74.8 Å². The summed E-state index contributed by atoms with van der Waals surface area (Å²) >= 11 is 7.50. The standard InChI is InChI=1S/C26H27ClN4O5S/c1-3-35-26(34)36-22-15-8-7-14(11-15)21(22)30-24(33)31-25-28-18-10-9-16(12-19(18)37-25)23(32)29-20-13(2)5-4-6-17(20)27/h4-6,9-10,12,14-15,21-22H,3,7-8,11H2,1-2H3,(H,29,32)(H2,28,30,31,33)/t14?,15-,21?,22?/m0/s1. The van der Waals surface area contributed by atoms with Crippen molar-refractivity contribution in [2.75, 3.05) is 17.2 Å². The van der Waals surface area contributed by atoms with Crippen LogP contribution in [0.25, 0.3) is 10.2 Å². The lowest BCUT2D eigenvalue weighted by Crippen LogP contribution is -2.50. The van der Waals surface area contributed by atoms with Crippen molar-refractivity contribution >= 4 is 62.1 Å². The second kappa shape index (κ2) is 10.5. The number of carbonyl (C=O) groups is 3. The molecule has 2 saturated carbocycles. The molecule has 5 rings (SSSR count). The summed E-state index contributed by atoms with van der Waals surface area (Å²) in [7, 11) is 0. The van der Waals surface area contributed by atoms with Crippen LogP contribution < -0.4 is 16.0 Å². The first kappa shape index (κ1) is 25.3. The Morgan fingerprint density at radius 1 is 1.14 bits per heavy atom. The highest BCUT2D eigenvalue weighted by atomic mass is 35.5. The zero-order valence-corrected chi connectivity index (χ0v) is 21.9. The van der Waals surface area contributed by atoms with E-state index in [9.17, 15) is 14.4 Å². The van der Waals surface area contributed by atoms with E-state index in [4.69, 9.17) is 21.1 Å². The molecule has 2 aromatic carbocycles. The van der Waals surface area contributed by atoms with Gasteiger partial charge in [0.15, 0.2) is 5.13 Å². The summed E-state index contributed by atoms with van der Waals surface area (Å²) in [6, 6.07) is 9.88. The van der Waals surface area contributed by atoms with E-state index in [0.717, 1.165) is 29.5 Å². The molecule has 11 heteroatoms. The van der Waals surface area contributed by atoms with Gasteiger partial charge < -0.3 is 20.1 Å². The number of aryl methyl sites for hydroxylation is 1. The van der Waals surface area contributed by atoms with Crippen molar-refractivity contribution in [1.29, 1.82) is 0 Å². The van der Waals surface area contributed by atoms with E-state index >= 15 is 0 Å². The van der Waals surface area contributed by atoms with Crippen molar-refractivity contribution in [3.8, 4) is 0 Å². The van der Waals surface area contributed by atoms with E-state index in [2.05, 4.69) is 20.9 Å². The number of hydrogen-bond acceptors (Lipinski definition) is 7. The largest absolute Gasteiger partial charge is 0.508 e. The van der Waals surface area contributed by atoms with Gasteiger partial charge in [0.25, 0.3) is 5.91 Å². The van der Waals surface area contributed by atoms with Gasteiger partial charge in [-0.15, -0.1) is 0 Å². The van der Waals surface area contributed by atoms with Crippen molar-refractivity contribution in [1.82, 2.24) is 10.3 Å². The van der Waals surface area contributed by atoms with E-state index in [0.29, 0.717) is 26.9 Å². The van der Waals surface area contributed by atoms with Crippen LogP contribution in [-0.2, 0) is 9.47 Å². The molecule has 37 heavy (non-hydrogen) atoms. The number of halogens is 1. The van der Waals surface area contributed by atoms with Gasteiger partial charge in [0.2, 0.25) is 0 Å². The van der Waals surface area contributed by atoms with Crippen molar-refractivity contribution in [3.05, 3.63) is 52.5 Å². The van der Waals surface area contributed by atoms with Crippen LogP contribution in [0.15, 0.2) is 36.4 Å². The Morgan fingerprint density at radius 2 is 1.95 bits per heavy atom. The summed E-state index contributed by atoms with van der Waals surface area (Å²) in [6.07, 6.45) is 1.76. The lowest BCUT2D eigenvalue weighted by atomic mass is 9.92. The molecule has 3 aromatic rings. The van der Waals surface area contributed by atoms with Gasteiger partial charge in [-0.1, -0.05) is 35.1 Å². The first-order valence-corrected chi connectivity index (χ1v) is 13.4.